The lowest BCUT2D eigenvalue weighted by molar-refractivity contribution is 0.0915. The van der Waals surface area contributed by atoms with Crippen molar-refractivity contribution in [2.24, 2.45) is 5.92 Å². The number of benzene rings is 1. The molecule has 1 saturated heterocycles. The highest BCUT2D eigenvalue weighted by atomic mass is 35.5. The van der Waals surface area contributed by atoms with Gasteiger partial charge >= 0.3 is 0 Å². The molecule has 2 aromatic rings. The van der Waals surface area contributed by atoms with Gasteiger partial charge in [-0.1, -0.05) is 37.5 Å². The van der Waals surface area contributed by atoms with Crippen molar-refractivity contribution in [2.75, 3.05) is 19.6 Å². The first-order valence-corrected chi connectivity index (χ1v) is 10.5. The van der Waals surface area contributed by atoms with Crippen LogP contribution in [0.5, 0.6) is 0 Å². The van der Waals surface area contributed by atoms with E-state index in [1.807, 2.05) is 30.0 Å². The van der Waals surface area contributed by atoms with E-state index in [4.69, 9.17) is 4.42 Å². The van der Waals surface area contributed by atoms with E-state index < -0.39 is 0 Å². The normalized spacial score (nSPS) is 18.3. The summed E-state index contributed by atoms with van der Waals surface area (Å²) in [5.74, 6) is 1.85. The van der Waals surface area contributed by atoms with Gasteiger partial charge in [0.1, 0.15) is 5.58 Å². The number of hydrogen-bond donors (Lipinski definition) is 2. The zero-order chi connectivity index (χ0) is 17.1. The molecule has 1 aliphatic carbocycles. The summed E-state index contributed by atoms with van der Waals surface area (Å²) in [4.78, 5) is 12.7. The van der Waals surface area contributed by atoms with Crippen molar-refractivity contribution in [3.05, 3.63) is 35.6 Å². The maximum atomic E-state index is 12.7. The highest BCUT2D eigenvalue weighted by Crippen LogP contribution is 2.35. The molecule has 2 heterocycles. The molecule has 0 radical (unpaired) electrons. The SMILES string of the molecule is Cl.O=C(NCC1CNC1)c1oc2ccccc2c1CSC1CCCCC1. The van der Waals surface area contributed by atoms with Gasteiger partial charge < -0.3 is 15.1 Å². The van der Waals surface area contributed by atoms with Gasteiger partial charge in [0.15, 0.2) is 5.76 Å². The van der Waals surface area contributed by atoms with E-state index >= 15 is 0 Å². The molecule has 1 aliphatic heterocycles. The summed E-state index contributed by atoms with van der Waals surface area (Å²) in [5, 5.41) is 8.10. The topological polar surface area (TPSA) is 54.3 Å². The number of furan rings is 1. The first kappa shape index (κ1) is 19.6. The quantitative estimate of drug-likeness (QED) is 0.763. The Morgan fingerprint density at radius 1 is 1.19 bits per heavy atom. The summed E-state index contributed by atoms with van der Waals surface area (Å²) >= 11 is 1.99. The Balaban J connectivity index is 0.00000196. The van der Waals surface area contributed by atoms with E-state index in [-0.39, 0.29) is 18.3 Å². The third kappa shape index (κ3) is 4.38. The Bertz CT molecular complexity index is 738. The van der Waals surface area contributed by atoms with Crippen LogP contribution in [0.3, 0.4) is 0 Å². The fraction of sp³-hybridized carbons (Fsp3) is 0.550. The molecule has 142 valence electrons. The maximum Gasteiger partial charge on any atom is 0.287 e. The fourth-order valence-electron chi connectivity index (χ4n) is 3.67. The third-order valence-electron chi connectivity index (χ3n) is 5.34. The minimum absolute atomic E-state index is 0. The molecular formula is C20H27ClN2O2S. The number of hydrogen-bond acceptors (Lipinski definition) is 4. The van der Waals surface area contributed by atoms with Crippen molar-refractivity contribution in [1.82, 2.24) is 10.6 Å². The van der Waals surface area contributed by atoms with Crippen molar-refractivity contribution in [3.63, 3.8) is 0 Å². The van der Waals surface area contributed by atoms with Gasteiger partial charge in [-0.2, -0.15) is 11.8 Å². The Hall–Kier alpha value is -1.17. The minimum atomic E-state index is -0.0673. The molecule has 0 bridgehead atoms. The number of carbonyl (C=O) groups excluding carboxylic acids is 1. The molecular weight excluding hydrogens is 368 g/mol. The highest BCUT2D eigenvalue weighted by Gasteiger charge is 2.24. The molecule has 1 saturated carbocycles. The summed E-state index contributed by atoms with van der Waals surface area (Å²) in [6, 6.07) is 8.01. The van der Waals surface area contributed by atoms with Gasteiger partial charge in [0.05, 0.1) is 0 Å². The van der Waals surface area contributed by atoms with Crippen molar-refractivity contribution in [3.8, 4) is 0 Å². The first-order valence-electron chi connectivity index (χ1n) is 9.42. The standard InChI is InChI=1S/C20H26N2O2S.ClH/c23-20(22-12-14-10-21-11-14)19-17(13-25-15-6-2-1-3-7-15)16-8-4-5-9-18(16)24-19;/h4-5,8-9,14-15,21H,1-3,6-7,10-13H2,(H,22,23);1H. The molecule has 0 spiro atoms. The summed E-state index contributed by atoms with van der Waals surface area (Å²) in [7, 11) is 0. The Kier molecular flexibility index (Phi) is 6.90. The predicted molar refractivity (Wildman–Crippen MR) is 110 cm³/mol. The molecule has 6 heteroatoms. The van der Waals surface area contributed by atoms with Crippen molar-refractivity contribution in [1.29, 1.82) is 0 Å². The third-order valence-corrected chi connectivity index (χ3v) is 6.74. The smallest absolute Gasteiger partial charge is 0.287 e. The van der Waals surface area contributed by atoms with Crippen LogP contribution >= 0.6 is 24.2 Å². The van der Waals surface area contributed by atoms with E-state index in [0.29, 0.717) is 11.7 Å². The van der Waals surface area contributed by atoms with E-state index in [0.717, 1.165) is 47.2 Å². The predicted octanol–water partition coefficient (Wildman–Crippen LogP) is 4.37. The summed E-state index contributed by atoms with van der Waals surface area (Å²) in [5.41, 5.74) is 1.88. The molecule has 1 aromatic heterocycles. The largest absolute Gasteiger partial charge is 0.451 e. The lowest BCUT2D eigenvalue weighted by atomic mass is 10.0. The molecule has 4 nitrogen and oxygen atoms in total. The van der Waals surface area contributed by atoms with Crippen molar-refractivity contribution >= 4 is 41.0 Å². The molecule has 2 N–H and O–H groups in total. The molecule has 4 rings (SSSR count). The van der Waals surface area contributed by atoms with E-state index in [1.54, 1.807) is 0 Å². The number of rotatable bonds is 6. The Morgan fingerprint density at radius 3 is 2.69 bits per heavy atom. The van der Waals surface area contributed by atoms with Crippen LogP contribution in [0.1, 0.15) is 48.2 Å². The van der Waals surface area contributed by atoms with Crippen LogP contribution in [-0.2, 0) is 5.75 Å². The number of amides is 1. The molecule has 2 aliphatic rings. The molecule has 0 unspecified atom stereocenters. The second kappa shape index (κ2) is 9.16. The lowest BCUT2D eigenvalue weighted by Crippen LogP contribution is -2.48. The van der Waals surface area contributed by atoms with Gasteiger partial charge in [0, 0.05) is 47.5 Å². The Labute approximate surface area is 165 Å². The summed E-state index contributed by atoms with van der Waals surface area (Å²) in [6.07, 6.45) is 6.65. The number of fused-ring (bicyclic) bond motifs is 1. The van der Waals surface area contributed by atoms with Crippen LogP contribution in [0.4, 0.5) is 0 Å². The number of nitrogens with one attached hydrogen (secondary N) is 2. The van der Waals surface area contributed by atoms with Crippen molar-refractivity contribution < 1.29 is 9.21 Å². The summed E-state index contributed by atoms with van der Waals surface area (Å²) < 4.78 is 5.94. The van der Waals surface area contributed by atoms with Gasteiger partial charge in [0.25, 0.3) is 5.91 Å². The molecule has 1 amide bonds. The van der Waals surface area contributed by atoms with Crippen LogP contribution in [0.25, 0.3) is 11.0 Å². The zero-order valence-electron chi connectivity index (χ0n) is 15.0. The molecule has 1 aromatic carbocycles. The number of thioether (sulfide) groups is 1. The fourth-order valence-corrected chi connectivity index (χ4v) is 5.02. The molecule has 2 fully saturated rings. The highest BCUT2D eigenvalue weighted by molar-refractivity contribution is 7.99. The zero-order valence-corrected chi connectivity index (χ0v) is 16.6. The van der Waals surface area contributed by atoms with E-state index in [2.05, 4.69) is 16.7 Å². The van der Waals surface area contributed by atoms with Crippen molar-refractivity contribution in [2.45, 2.75) is 43.1 Å². The average Bonchev–Trinajstić information content (AvgIpc) is 2.98. The van der Waals surface area contributed by atoms with Gasteiger partial charge in [-0.3, -0.25) is 4.79 Å². The number of carbonyl (C=O) groups is 1. The Morgan fingerprint density at radius 2 is 1.96 bits per heavy atom. The van der Waals surface area contributed by atoms with Crippen LogP contribution in [-0.4, -0.2) is 30.8 Å². The van der Waals surface area contributed by atoms with Crippen LogP contribution < -0.4 is 10.6 Å². The lowest BCUT2D eigenvalue weighted by Gasteiger charge is -2.26. The van der Waals surface area contributed by atoms with Gasteiger partial charge in [0.2, 0.25) is 0 Å². The second-order valence-corrected chi connectivity index (χ2v) is 8.50. The minimum Gasteiger partial charge on any atom is -0.451 e. The molecule has 0 atom stereocenters. The van der Waals surface area contributed by atoms with Crippen LogP contribution in [0.15, 0.2) is 28.7 Å². The van der Waals surface area contributed by atoms with Gasteiger partial charge in [-0.25, -0.2) is 0 Å². The maximum absolute atomic E-state index is 12.7. The van der Waals surface area contributed by atoms with Crippen LogP contribution in [0, 0.1) is 5.92 Å². The number of halogens is 1. The van der Waals surface area contributed by atoms with Gasteiger partial charge in [-0.15, -0.1) is 12.4 Å². The van der Waals surface area contributed by atoms with Crippen LogP contribution in [0.2, 0.25) is 0 Å². The van der Waals surface area contributed by atoms with E-state index in [1.165, 1.54) is 32.1 Å². The first-order chi connectivity index (χ1) is 12.3. The second-order valence-electron chi connectivity index (χ2n) is 7.21. The van der Waals surface area contributed by atoms with Gasteiger partial charge in [-0.05, 0) is 18.9 Å². The summed E-state index contributed by atoms with van der Waals surface area (Å²) in [6.45, 7) is 2.70. The molecule has 26 heavy (non-hydrogen) atoms. The average molecular weight is 395 g/mol. The monoisotopic (exact) mass is 394 g/mol. The number of para-hydroxylation sites is 1. The van der Waals surface area contributed by atoms with E-state index in [9.17, 15) is 4.79 Å².